The second kappa shape index (κ2) is 7.69. The van der Waals surface area contributed by atoms with Gasteiger partial charge < -0.3 is 10.6 Å². The fourth-order valence-corrected chi connectivity index (χ4v) is 2.32. The topological polar surface area (TPSA) is 101 Å². The highest BCUT2D eigenvalue weighted by molar-refractivity contribution is 9.10. The van der Waals surface area contributed by atoms with Gasteiger partial charge >= 0.3 is 0 Å². The molecule has 8 heteroatoms. The minimum Gasteiger partial charge on any atom is -0.341 e. The van der Waals surface area contributed by atoms with E-state index in [1.54, 1.807) is 18.2 Å². The lowest BCUT2D eigenvalue weighted by Gasteiger charge is -2.14. The van der Waals surface area contributed by atoms with Crippen LogP contribution < -0.4 is 10.6 Å². The third-order valence-corrected chi connectivity index (χ3v) is 3.65. The molecule has 2 rings (SSSR count). The fourth-order valence-electron chi connectivity index (χ4n) is 1.92. The summed E-state index contributed by atoms with van der Waals surface area (Å²) in [6.45, 7) is 1.53. The Bertz CT molecular complexity index is 794. The second-order valence-corrected chi connectivity index (χ2v) is 5.92. The summed E-state index contributed by atoms with van der Waals surface area (Å²) in [5, 5.41) is 15.9. The predicted octanol–water partition coefficient (Wildman–Crippen LogP) is 3.11. The number of amides is 2. The van der Waals surface area contributed by atoms with Crippen molar-refractivity contribution >= 4 is 39.1 Å². The van der Waals surface area contributed by atoms with E-state index in [0.717, 1.165) is 10.5 Å². The highest BCUT2D eigenvalue weighted by Crippen LogP contribution is 2.16. The summed E-state index contributed by atoms with van der Waals surface area (Å²) in [6, 6.07) is 11.5. The SMILES string of the molecule is CC(NC(=O)c1cccc([N+](=O)[O-])c1)C(=O)Nc1cccc(Br)c1. The molecule has 0 radical (unpaired) electrons. The lowest BCUT2D eigenvalue weighted by atomic mass is 10.1. The zero-order valence-electron chi connectivity index (χ0n) is 12.7. The van der Waals surface area contributed by atoms with Crippen LogP contribution in [0.1, 0.15) is 17.3 Å². The minimum absolute atomic E-state index is 0.117. The van der Waals surface area contributed by atoms with Gasteiger partial charge in [0, 0.05) is 27.9 Å². The van der Waals surface area contributed by atoms with Crippen LogP contribution in [0.15, 0.2) is 53.0 Å². The summed E-state index contributed by atoms with van der Waals surface area (Å²) in [7, 11) is 0. The molecular formula is C16H14BrN3O4. The van der Waals surface area contributed by atoms with Gasteiger partial charge in [-0.3, -0.25) is 19.7 Å². The number of halogens is 1. The van der Waals surface area contributed by atoms with Gasteiger partial charge in [0.05, 0.1) is 4.92 Å². The van der Waals surface area contributed by atoms with Crippen LogP contribution in [-0.4, -0.2) is 22.8 Å². The predicted molar refractivity (Wildman–Crippen MR) is 92.8 cm³/mol. The Labute approximate surface area is 146 Å². The number of rotatable bonds is 5. The number of nitro groups is 1. The number of nitro benzene ring substituents is 1. The smallest absolute Gasteiger partial charge is 0.270 e. The number of carbonyl (C=O) groups is 2. The molecule has 24 heavy (non-hydrogen) atoms. The highest BCUT2D eigenvalue weighted by atomic mass is 79.9. The molecule has 2 aromatic rings. The summed E-state index contributed by atoms with van der Waals surface area (Å²) in [5.74, 6) is -0.956. The first kappa shape index (κ1) is 17.6. The van der Waals surface area contributed by atoms with Crippen molar-refractivity contribution in [2.45, 2.75) is 13.0 Å². The molecule has 0 fully saturated rings. The third kappa shape index (κ3) is 4.63. The molecule has 0 bridgehead atoms. The molecule has 2 amide bonds. The zero-order valence-corrected chi connectivity index (χ0v) is 14.2. The number of anilines is 1. The minimum atomic E-state index is -0.809. The molecule has 0 heterocycles. The van der Waals surface area contributed by atoms with Crippen LogP contribution in [0.2, 0.25) is 0 Å². The summed E-state index contributed by atoms with van der Waals surface area (Å²) >= 11 is 3.30. The van der Waals surface area contributed by atoms with E-state index < -0.39 is 22.8 Å². The molecular weight excluding hydrogens is 378 g/mol. The maximum atomic E-state index is 12.1. The maximum Gasteiger partial charge on any atom is 0.270 e. The molecule has 124 valence electrons. The zero-order chi connectivity index (χ0) is 17.7. The average Bonchev–Trinajstić information content (AvgIpc) is 2.54. The van der Waals surface area contributed by atoms with Crippen LogP contribution in [0.4, 0.5) is 11.4 Å². The maximum absolute atomic E-state index is 12.1. The van der Waals surface area contributed by atoms with E-state index in [2.05, 4.69) is 26.6 Å². The molecule has 7 nitrogen and oxygen atoms in total. The van der Waals surface area contributed by atoms with Crippen molar-refractivity contribution in [2.24, 2.45) is 0 Å². The van der Waals surface area contributed by atoms with Crippen molar-refractivity contribution in [3.63, 3.8) is 0 Å². The number of non-ortho nitro benzene ring substituents is 1. The number of benzene rings is 2. The largest absolute Gasteiger partial charge is 0.341 e. The van der Waals surface area contributed by atoms with Gasteiger partial charge in [-0.25, -0.2) is 0 Å². The Balaban J connectivity index is 2.01. The van der Waals surface area contributed by atoms with E-state index >= 15 is 0 Å². The van der Waals surface area contributed by atoms with Crippen molar-refractivity contribution in [1.29, 1.82) is 0 Å². The Morgan fingerprint density at radius 2 is 1.88 bits per heavy atom. The molecule has 0 aliphatic rings. The van der Waals surface area contributed by atoms with Crippen LogP contribution in [0.25, 0.3) is 0 Å². The van der Waals surface area contributed by atoms with Gasteiger partial charge in [0.15, 0.2) is 0 Å². The molecule has 1 unspecified atom stereocenters. The molecule has 0 aliphatic heterocycles. The van der Waals surface area contributed by atoms with E-state index in [1.165, 1.54) is 25.1 Å². The van der Waals surface area contributed by atoms with Crippen molar-refractivity contribution in [1.82, 2.24) is 5.32 Å². The lowest BCUT2D eigenvalue weighted by molar-refractivity contribution is -0.384. The number of hydrogen-bond donors (Lipinski definition) is 2. The first-order chi connectivity index (χ1) is 11.4. The molecule has 0 saturated carbocycles. The molecule has 2 N–H and O–H groups in total. The van der Waals surface area contributed by atoms with Gasteiger partial charge in [-0.2, -0.15) is 0 Å². The van der Waals surface area contributed by atoms with Crippen molar-refractivity contribution < 1.29 is 14.5 Å². The van der Waals surface area contributed by atoms with E-state index in [0.29, 0.717) is 5.69 Å². The Morgan fingerprint density at radius 1 is 1.17 bits per heavy atom. The Hall–Kier alpha value is -2.74. The van der Waals surface area contributed by atoms with E-state index in [9.17, 15) is 19.7 Å². The van der Waals surface area contributed by atoms with Crippen molar-refractivity contribution in [2.75, 3.05) is 5.32 Å². The molecule has 2 aromatic carbocycles. The molecule has 0 spiro atoms. The normalized spacial score (nSPS) is 11.4. The van der Waals surface area contributed by atoms with Crippen LogP contribution in [0.3, 0.4) is 0 Å². The standard InChI is InChI=1S/C16H14BrN3O4/c1-10(15(21)19-13-6-3-5-12(17)9-13)18-16(22)11-4-2-7-14(8-11)20(23)24/h2-10H,1H3,(H,18,22)(H,19,21). The number of carbonyl (C=O) groups excluding carboxylic acids is 2. The van der Waals surface area contributed by atoms with Crippen LogP contribution in [0.5, 0.6) is 0 Å². The van der Waals surface area contributed by atoms with Gasteiger partial charge in [0.2, 0.25) is 5.91 Å². The third-order valence-electron chi connectivity index (χ3n) is 3.15. The molecule has 1 atom stereocenters. The monoisotopic (exact) mass is 391 g/mol. The molecule has 0 aliphatic carbocycles. The lowest BCUT2D eigenvalue weighted by Crippen LogP contribution is -2.41. The van der Waals surface area contributed by atoms with Crippen molar-refractivity contribution in [3.8, 4) is 0 Å². The number of hydrogen-bond acceptors (Lipinski definition) is 4. The Morgan fingerprint density at radius 3 is 2.54 bits per heavy atom. The van der Waals surface area contributed by atoms with Crippen LogP contribution in [0, 0.1) is 10.1 Å². The van der Waals surface area contributed by atoms with Gasteiger partial charge in [-0.05, 0) is 31.2 Å². The second-order valence-electron chi connectivity index (χ2n) is 5.00. The van der Waals surface area contributed by atoms with Gasteiger partial charge in [0.1, 0.15) is 6.04 Å². The van der Waals surface area contributed by atoms with E-state index in [1.807, 2.05) is 6.07 Å². The Kier molecular flexibility index (Phi) is 5.64. The van der Waals surface area contributed by atoms with Gasteiger partial charge in [0.25, 0.3) is 11.6 Å². The average molecular weight is 392 g/mol. The van der Waals surface area contributed by atoms with E-state index in [-0.39, 0.29) is 11.3 Å². The summed E-state index contributed by atoms with van der Waals surface area (Å²) in [5.41, 5.74) is 0.519. The van der Waals surface area contributed by atoms with E-state index in [4.69, 9.17) is 0 Å². The molecule has 0 saturated heterocycles. The number of nitrogens with zero attached hydrogens (tertiary/aromatic N) is 1. The number of nitrogens with one attached hydrogen (secondary N) is 2. The van der Waals surface area contributed by atoms with Crippen LogP contribution >= 0.6 is 15.9 Å². The van der Waals surface area contributed by atoms with Gasteiger partial charge in [-0.15, -0.1) is 0 Å². The summed E-state index contributed by atoms with van der Waals surface area (Å²) in [4.78, 5) is 34.4. The highest BCUT2D eigenvalue weighted by Gasteiger charge is 2.18. The first-order valence-electron chi connectivity index (χ1n) is 6.98. The van der Waals surface area contributed by atoms with Gasteiger partial charge in [-0.1, -0.05) is 28.1 Å². The molecule has 0 aromatic heterocycles. The summed E-state index contributed by atoms with van der Waals surface area (Å²) in [6.07, 6.45) is 0. The van der Waals surface area contributed by atoms with Crippen molar-refractivity contribution in [3.05, 3.63) is 68.7 Å². The summed E-state index contributed by atoms with van der Waals surface area (Å²) < 4.78 is 0.814. The first-order valence-corrected chi connectivity index (χ1v) is 7.78. The van der Waals surface area contributed by atoms with Crippen LogP contribution in [-0.2, 0) is 4.79 Å². The quantitative estimate of drug-likeness (QED) is 0.603. The fraction of sp³-hybridized carbons (Fsp3) is 0.125.